The molecular weight excluding hydrogens is 451 g/mol. The van der Waals surface area contributed by atoms with E-state index < -0.39 is 29.3 Å². The number of halogens is 4. The van der Waals surface area contributed by atoms with Crippen LogP contribution in [0.5, 0.6) is 0 Å². The van der Waals surface area contributed by atoms with E-state index in [0.717, 1.165) is 12.4 Å². The average Bonchev–Trinajstić information content (AvgIpc) is 3.21. The molecule has 0 radical (unpaired) electrons. The average molecular weight is 468 g/mol. The quantitative estimate of drug-likeness (QED) is 0.505. The van der Waals surface area contributed by atoms with Crippen molar-refractivity contribution in [3.05, 3.63) is 63.9 Å². The summed E-state index contributed by atoms with van der Waals surface area (Å²) in [4.78, 5) is 32.4. The molecule has 2 heterocycles. The minimum atomic E-state index is -4.55. The number of ketones is 1. The third-order valence-electron chi connectivity index (χ3n) is 4.63. The van der Waals surface area contributed by atoms with E-state index in [1.807, 2.05) is 0 Å². The third kappa shape index (κ3) is 5.05. The van der Waals surface area contributed by atoms with Gasteiger partial charge in [0, 0.05) is 24.1 Å². The van der Waals surface area contributed by atoms with Crippen molar-refractivity contribution in [2.75, 3.05) is 11.1 Å². The third-order valence-corrected chi connectivity index (χ3v) is 5.00. The lowest BCUT2D eigenvalue weighted by atomic mass is 9.99. The van der Waals surface area contributed by atoms with Gasteiger partial charge in [0.1, 0.15) is 22.9 Å². The van der Waals surface area contributed by atoms with Crippen LogP contribution in [0.3, 0.4) is 0 Å². The van der Waals surface area contributed by atoms with Crippen molar-refractivity contribution in [1.29, 1.82) is 0 Å². The molecule has 0 aliphatic heterocycles. The first-order valence-electron chi connectivity index (χ1n) is 9.22. The zero-order chi connectivity index (χ0) is 23.6. The molecule has 3 rings (SSSR count). The first-order valence-corrected chi connectivity index (χ1v) is 9.60. The maximum absolute atomic E-state index is 13.1. The zero-order valence-electron chi connectivity index (χ0n) is 16.8. The van der Waals surface area contributed by atoms with Gasteiger partial charge in [0.2, 0.25) is 5.76 Å². The standard InChI is InChI=1S/C20H17ClF3N5O3/c1-9-3-4-11(6-12(9)20(22,23)24)28-19(31)15-7-13(29-32-15)10(2)5-14(30)17-16(21)18(25)27-8-26-17/h3-4,6-8,10H,5H2,1-2H3,(H,28,31)(H2,25,26,27)/t10-/m1/s1. The molecule has 1 amide bonds. The number of anilines is 2. The number of nitrogen functional groups attached to an aromatic ring is 1. The van der Waals surface area contributed by atoms with Crippen LogP contribution in [-0.4, -0.2) is 26.8 Å². The number of Topliss-reactive ketones (excluding diaryl/α,β-unsaturated/α-hetero) is 1. The molecule has 2 aromatic heterocycles. The molecule has 0 unspecified atom stereocenters. The van der Waals surface area contributed by atoms with Gasteiger partial charge in [0.25, 0.3) is 5.91 Å². The van der Waals surface area contributed by atoms with E-state index >= 15 is 0 Å². The highest BCUT2D eigenvalue weighted by Gasteiger charge is 2.32. The number of aromatic nitrogens is 3. The van der Waals surface area contributed by atoms with Gasteiger partial charge >= 0.3 is 6.18 Å². The number of nitrogens with zero attached hydrogens (tertiary/aromatic N) is 3. The first kappa shape index (κ1) is 23.2. The smallest absolute Gasteiger partial charge is 0.382 e. The molecule has 0 saturated heterocycles. The van der Waals surface area contributed by atoms with Crippen molar-refractivity contribution in [2.24, 2.45) is 0 Å². The monoisotopic (exact) mass is 467 g/mol. The summed E-state index contributed by atoms with van der Waals surface area (Å²) in [6.45, 7) is 2.99. The summed E-state index contributed by atoms with van der Waals surface area (Å²) < 4.78 is 44.2. The van der Waals surface area contributed by atoms with Crippen LogP contribution in [0.25, 0.3) is 0 Å². The van der Waals surface area contributed by atoms with Crippen molar-refractivity contribution in [1.82, 2.24) is 15.1 Å². The van der Waals surface area contributed by atoms with Crippen LogP contribution < -0.4 is 11.1 Å². The second-order valence-corrected chi connectivity index (χ2v) is 7.43. The Hall–Kier alpha value is -3.47. The van der Waals surface area contributed by atoms with Crippen LogP contribution in [0.2, 0.25) is 5.02 Å². The van der Waals surface area contributed by atoms with E-state index in [2.05, 4.69) is 20.4 Å². The van der Waals surface area contributed by atoms with Crippen LogP contribution in [0, 0.1) is 6.92 Å². The number of carbonyl (C=O) groups excluding carboxylic acids is 2. The number of aryl methyl sites for hydroxylation is 1. The number of benzene rings is 1. The number of nitrogens with two attached hydrogens (primary N) is 1. The normalized spacial score (nSPS) is 12.4. The lowest BCUT2D eigenvalue weighted by molar-refractivity contribution is -0.138. The first-order chi connectivity index (χ1) is 15.0. The van der Waals surface area contributed by atoms with Crippen LogP contribution >= 0.6 is 11.6 Å². The van der Waals surface area contributed by atoms with E-state index in [4.69, 9.17) is 21.9 Å². The molecule has 0 bridgehead atoms. The van der Waals surface area contributed by atoms with Crippen molar-refractivity contribution in [3.63, 3.8) is 0 Å². The molecule has 0 fully saturated rings. The molecule has 0 aliphatic carbocycles. The number of amides is 1. The molecule has 3 aromatic rings. The predicted octanol–water partition coefficient (Wildman–Crippen LogP) is 4.66. The molecule has 1 aromatic carbocycles. The van der Waals surface area contributed by atoms with Crippen molar-refractivity contribution >= 4 is 34.8 Å². The van der Waals surface area contributed by atoms with E-state index in [0.29, 0.717) is 5.69 Å². The summed E-state index contributed by atoms with van der Waals surface area (Å²) in [7, 11) is 0. The molecule has 3 N–H and O–H groups in total. The second-order valence-electron chi connectivity index (χ2n) is 7.05. The topological polar surface area (TPSA) is 124 Å². The number of rotatable bonds is 6. The Morgan fingerprint density at radius 2 is 1.97 bits per heavy atom. The lowest BCUT2D eigenvalue weighted by Crippen LogP contribution is -2.13. The molecule has 32 heavy (non-hydrogen) atoms. The molecule has 168 valence electrons. The van der Waals surface area contributed by atoms with Crippen LogP contribution in [-0.2, 0) is 6.18 Å². The second kappa shape index (κ2) is 8.95. The molecule has 0 spiro atoms. The van der Waals surface area contributed by atoms with Crippen molar-refractivity contribution < 1.29 is 27.3 Å². The fourth-order valence-electron chi connectivity index (χ4n) is 2.88. The fourth-order valence-corrected chi connectivity index (χ4v) is 3.09. The zero-order valence-corrected chi connectivity index (χ0v) is 17.6. The lowest BCUT2D eigenvalue weighted by Gasteiger charge is -2.12. The summed E-state index contributed by atoms with van der Waals surface area (Å²) in [6, 6.07) is 4.74. The number of hydrogen-bond donors (Lipinski definition) is 2. The van der Waals surface area contributed by atoms with E-state index in [1.54, 1.807) is 6.92 Å². The maximum atomic E-state index is 13.1. The molecule has 1 atom stereocenters. The summed E-state index contributed by atoms with van der Waals surface area (Å²) in [6.07, 6.45) is -3.49. The van der Waals surface area contributed by atoms with Gasteiger partial charge in [0.05, 0.1) is 11.3 Å². The van der Waals surface area contributed by atoms with Gasteiger partial charge in [-0.25, -0.2) is 9.97 Å². The number of nitrogens with one attached hydrogen (secondary N) is 1. The van der Waals surface area contributed by atoms with E-state index in [1.165, 1.54) is 25.1 Å². The Labute approximate surface area is 185 Å². The van der Waals surface area contributed by atoms with Crippen molar-refractivity contribution in [3.8, 4) is 0 Å². The minimum Gasteiger partial charge on any atom is -0.382 e. The molecule has 8 nitrogen and oxygen atoms in total. The Morgan fingerprint density at radius 3 is 2.66 bits per heavy atom. The SMILES string of the molecule is Cc1ccc(NC(=O)c2cc([C@H](C)CC(=O)c3ncnc(N)c3Cl)no2)cc1C(F)(F)F. The highest BCUT2D eigenvalue weighted by molar-refractivity contribution is 6.35. The molecule has 12 heteroatoms. The Morgan fingerprint density at radius 1 is 1.25 bits per heavy atom. The highest BCUT2D eigenvalue weighted by atomic mass is 35.5. The maximum Gasteiger partial charge on any atom is 0.416 e. The molecular formula is C20H17ClF3N5O3. The molecule has 0 aliphatic rings. The Bertz CT molecular complexity index is 1180. The van der Waals surface area contributed by atoms with Gasteiger partial charge in [-0.15, -0.1) is 0 Å². The number of hydrogen-bond acceptors (Lipinski definition) is 7. The van der Waals surface area contributed by atoms with Gasteiger partial charge < -0.3 is 15.6 Å². The van der Waals surface area contributed by atoms with Crippen LogP contribution in [0.15, 0.2) is 35.1 Å². The molecule has 0 saturated carbocycles. The van der Waals surface area contributed by atoms with Gasteiger partial charge in [-0.05, 0) is 24.6 Å². The van der Waals surface area contributed by atoms with Gasteiger partial charge in [-0.2, -0.15) is 13.2 Å². The summed E-state index contributed by atoms with van der Waals surface area (Å²) in [5.41, 5.74) is 4.95. The Kier molecular flexibility index (Phi) is 6.49. The van der Waals surface area contributed by atoms with Gasteiger partial charge in [-0.3, -0.25) is 9.59 Å². The largest absolute Gasteiger partial charge is 0.416 e. The van der Waals surface area contributed by atoms with Gasteiger partial charge in [-0.1, -0.05) is 29.7 Å². The number of alkyl halides is 3. The van der Waals surface area contributed by atoms with Crippen LogP contribution in [0.4, 0.5) is 24.7 Å². The summed E-state index contributed by atoms with van der Waals surface area (Å²) in [5, 5.41) is 6.07. The van der Waals surface area contributed by atoms with E-state index in [9.17, 15) is 22.8 Å². The highest BCUT2D eigenvalue weighted by Crippen LogP contribution is 2.33. The van der Waals surface area contributed by atoms with Crippen molar-refractivity contribution in [2.45, 2.75) is 32.4 Å². The number of carbonyl (C=O) groups is 2. The van der Waals surface area contributed by atoms with E-state index in [-0.39, 0.29) is 40.0 Å². The predicted molar refractivity (Wildman–Crippen MR) is 109 cm³/mol. The minimum absolute atomic E-state index is 0.0251. The fraction of sp³-hybridized carbons (Fsp3) is 0.250. The van der Waals surface area contributed by atoms with Gasteiger partial charge in [0.15, 0.2) is 5.78 Å². The summed E-state index contributed by atoms with van der Waals surface area (Å²) >= 11 is 5.96. The Balaban J connectivity index is 1.70. The van der Waals surface area contributed by atoms with Crippen LogP contribution in [0.1, 0.15) is 57.1 Å². The summed E-state index contributed by atoms with van der Waals surface area (Å²) in [5.74, 6) is -1.92.